The molecule has 0 bridgehead atoms. The molecule has 1 saturated heterocycles. The number of Topliss-reactive ketones (excluding diaryl/α,β-unsaturated/α-hetero) is 1. The lowest BCUT2D eigenvalue weighted by molar-refractivity contribution is -0.133. The zero-order chi connectivity index (χ0) is 30.3. The molecule has 0 saturated carbocycles. The molecule has 1 aliphatic heterocycles. The van der Waals surface area contributed by atoms with Gasteiger partial charge in [0.2, 0.25) is 11.8 Å². The van der Waals surface area contributed by atoms with E-state index in [1.54, 1.807) is 38.4 Å². The SMILES string of the molecule is Cc1cc(C(=O)N[C@@H](Cc2cccnc2)C(=O)N[C@@H](Cc2ccccc2)C(=O)N[C@@H](CC(C)C)C(=O)[C@@]2(C)CO2)no1. The van der Waals surface area contributed by atoms with E-state index in [2.05, 4.69) is 26.1 Å². The summed E-state index contributed by atoms with van der Waals surface area (Å²) in [4.78, 5) is 57.7. The lowest BCUT2D eigenvalue weighted by Gasteiger charge is -2.26. The number of hydrogen-bond donors (Lipinski definition) is 3. The van der Waals surface area contributed by atoms with Gasteiger partial charge in [-0.25, -0.2) is 0 Å². The number of amides is 3. The van der Waals surface area contributed by atoms with Crippen LogP contribution in [0.25, 0.3) is 0 Å². The molecule has 3 amide bonds. The van der Waals surface area contributed by atoms with E-state index in [-0.39, 0.29) is 30.2 Å². The molecule has 3 heterocycles. The number of nitrogens with one attached hydrogen (secondary N) is 3. The van der Waals surface area contributed by atoms with Crippen LogP contribution < -0.4 is 16.0 Å². The number of epoxide rings is 1. The van der Waals surface area contributed by atoms with Crippen molar-refractivity contribution in [3.63, 3.8) is 0 Å². The van der Waals surface area contributed by atoms with Crippen LogP contribution in [0.2, 0.25) is 0 Å². The molecule has 0 aliphatic carbocycles. The Kier molecular flexibility index (Phi) is 9.84. The Hall–Kier alpha value is -4.38. The first-order valence-corrected chi connectivity index (χ1v) is 14.0. The van der Waals surface area contributed by atoms with Crippen LogP contribution >= 0.6 is 0 Å². The van der Waals surface area contributed by atoms with Crippen molar-refractivity contribution < 1.29 is 28.4 Å². The third-order valence-corrected chi connectivity index (χ3v) is 7.00. The molecular weight excluding hydrogens is 538 g/mol. The van der Waals surface area contributed by atoms with Crippen molar-refractivity contribution in [3.05, 3.63) is 83.5 Å². The third-order valence-electron chi connectivity index (χ3n) is 7.00. The van der Waals surface area contributed by atoms with Gasteiger partial charge in [-0.1, -0.05) is 55.4 Å². The van der Waals surface area contributed by atoms with Crippen LogP contribution in [0.4, 0.5) is 0 Å². The van der Waals surface area contributed by atoms with Crippen molar-refractivity contribution in [2.24, 2.45) is 5.92 Å². The molecule has 11 nitrogen and oxygen atoms in total. The molecule has 11 heteroatoms. The van der Waals surface area contributed by atoms with Gasteiger partial charge in [0.1, 0.15) is 23.4 Å². The molecule has 42 heavy (non-hydrogen) atoms. The van der Waals surface area contributed by atoms with Gasteiger partial charge < -0.3 is 25.2 Å². The Balaban J connectivity index is 1.56. The summed E-state index contributed by atoms with van der Waals surface area (Å²) < 4.78 is 10.4. The lowest BCUT2D eigenvalue weighted by Crippen LogP contribution is -2.57. The predicted octanol–water partition coefficient (Wildman–Crippen LogP) is 2.34. The summed E-state index contributed by atoms with van der Waals surface area (Å²) in [6.45, 7) is 7.60. The molecule has 1 aromatic carbocycles. The Morgan fingerprint density at radius 2 is 1.52 bits per heavy atom. The number of rotatable bonds is 14. The highest BCUT2D eigenvalue weighted by molar-refractivity contribution is 5.99. The van der Waals surface area contributed by atoms with E-state index < -0.39 is 41.4 Å². The van der Waals surface area contributed by atoms with Crippen molar-refractivity contribution >= 4 is 23.5 Å². The van der Waals surface area contributed by atoms with E-state index >= 15 is 0 Å². The van der Waals surface area contributed by atoms with Crippen molar-refractivity contribution in [2.45, 2.75) is 70.7 Å². The van der Waals surface area contributed by atoms with Crippen LogP contribution in [-0.4, -0.2) is 64.0 Å². The van der Waals surface area contributed by atoms with E-state index in [4.69, 9.17) is 9.26 Å². The first kappa shape index (κ1) is 30.6. The van der Waals surface area contributed by atoms with Crippen LogP contribution in [0, 0.1) is 12.8 Å². The summed E-state index contributed by atoms with van der Waals surface area (Å²) >= 11 is 0. The monoisotopic (exact) mass is 575 g/mol. The highest BCUT2D eigenvalue weighted by Gasteiger charge is 2.50. The molecule has 4 atom stereocenters. The second-order valence-corrected chi connectivity index (χ2v) is 11.2. The van der Waals surface area contributed by atoms with E-state index in [1.165, 1.54) is 6.07 Å². The number of pyridine rings is 1. The number of aryl methyl sites for hydroxylation is 1. The lowest BCUT2D eigenvalue weighted by atomic mass is 9.93. The fourth-order valence-corrected chi connectivity index (χ4v) is 4.60. The van der Waals surface area contributed by atoms with Crippen molar-refractivity contribution in [1.29, 1.82) is 0 Å². The van der Waals surface area contributed by atoms with Crippen LogP contribution in [0.3, 0.4) is 0 Å². The van der Waals surface area contributed by atoms with Crippen LogP contribution in [0.5, 0.6) is 0 Å². The quantitative estimate of drug-likeness (QED) is 0.247. The van der Waals surface area contributed by atoms with Gasteiger partial charge in [-0.15, -0.1) is 0 Å². The molecule has 4 rings (SSSR count). The van der Waals surface area contributed by atoms with Gasteiger partial charge in [-0.3, -0.25) is 24.2 Å². The van der Waals surface area contributed by atoms with E-state index in [9.17, 15) is 19.2 Å². The first-order valence-electron chi connectivity index (χ1n) is 14.0. The largest absolute Gasteiger partial charge is 0.361 e. The number of benzene rings is 1. The average molecular weight is 576 g/mol. The van der Waals surface area contributed by atoms with Crippen LogP contribution in [-0.2, 0) is 32.0 Å². The van der Waals surface area contributed by atoms with Gasteiger partial charge in [0.05, 0.1) is 12.6 Å². The minimum Gasteiger partial charge on any atom is -0.361 e. The van der Waals surface area contributed by atoms with Crippen molar-refractivity contribution in [2.75, 3.05) is 6.61 Å². The average Bonchev–Trinajstić information content (AvgIpc) is 3.57. The second kappa shape index (κ2) is 13.5. The molecule has 1 fully saturated rings. The van der Waals surface area contributed by atoms with Gasteiger partial charge in [0.15, 0.2) is 11.5 Å². The minimum atomic E-state index is -1.06. The normalized spacial score (nSPS) is 18.0. The van der Waals surface area contributed by atoms with Gasteiger partial charge in [-0.2, -0.15) is 0 Å². The van der Waals surface area contributed by atoms with Gasteiger partial charge >= 0.3 is 0 Å². The summed E-state index contributed by atoms with van der Waals surface area (Å²) in [6.07, 6.45) is 3.92. The minimum absolute atomic E-state index is 0.0286. The number of carbonyl (C=O) groups excluding carboxylic acids is 4. The maximum absolute atomic E-state index is 13.7. The molecule has 0 unspecified atom stereocenters. The van der Waals surface area contributed by atoms with E-state index in [1.807, 2.05) is 44.2 Å². The Labute approximate surface area is 244 Å². The number of ketones is 1. The van der Waals surface area contributed by atoms with E-state index in [0.29, 0.717) is 24.4 Å². The predicted molar refractivity (Wildman–Crippen MR) is 153 cm³/mol. The number of hydrogen-bond acceptors (Lipinski definition) is 8. The fraction of sp³-hybridized carbons (Fsp3) is 0.419. The highest BCUT2D eigenvalue weighted by Crippen LogP contribution is 2.29. The molecule has 2 aromatic heterocycles. The summed E-state index contributed by atoms with van der Waals surface area (Å²) in [6, 6.07) is 11.4. The number of aromatic nitrogens is 2. The van der Waals surface area contributed by atoms with Crippen molar-refractivity contribution in [3.8, 4) is 0 Å². The van der Waals surface area contributed by atoms with Crippen molar-refractivity contribution in [1.82, 2.24) is 26.1 Å². The van der Waals surface area contributed by atoms with Gasteiger partial charge in [0, 0.05) is 31.3 Å². The molecule has 0 spiro atoms. The van der Waals surface area contributed by atoms with Crippen LogP contribution in [0.15, 0.2) is 65.4 Å². The number of nitrogens with zero attached hydrogens (tertiary/aromatic N) is 2. The second-order valence-electron chi connectivity index (χ2n) is 11.2. The maximum Gasteiger partial charge on any atom is 0.274 e. The fourth-order valence-electron chi connectivity index (χ4n) is 4.60. The van der Waals surface area contributed by atoms with E-state index in [0.717, 1.165) is 5.56 Å². The third kappa shape index (κ3) is 8.32. The standard InChI is InChI=1S/C31H37N5O6/c1-19(2)13-23(27(37)31(4)18-41-31)33-28(38)24(15-21-9-6-5-7-10-21)34-29(39)25(16-22-11-8-12-32-17-22)35-30(40)26-14-20(3)42-36-26/h5-12,14,17,19,23-25H,13,15-16,18H2,1-4H3,(H,33,38)(H,34,39)(H,35,40)/t23-,24-,25-,31+/m0/s1. The van der Waals surface area contributed by atoms with Crippen LogP contribution in [0.1, 0.15) is 54.6 Å². The van der Waals surface area contributed by atoms with Gasteiger partial charge in [-0.05, 0) is 43.4 Å². The zero-order valence-electron chi connectivity index (χ0n) is 24.3. The Morgan fingerprint density at radius 1 is 0.905 bits per heavy atom. The zero-order valence-corrected chi connectivity index (χ0v) is 24.3. The van der Waals surface area contributed by atoms with Gasteiger partial charge in [0.25, 0.3) is 5.91 Å². The summed E-state index contributed by atoms with van der Waals surface area (Å²) in [7, 11) is 0. The molecule has 3 N–H and O–H groups in total. The summed E-state index contributed by atoms with van der Waals surface area (Å²) in [5, 5.41) is 12.2. The highest BCUT2D eigenvalue weighted by atomic mass is 16.6. The summed E-state index contributed by atoms with van der Waals surface area (Å²) in [5.41, 5.74) is 0.636. The topological polar surface area (TPSA) is 156 Å². The Bertz CT molecular complexity index is 1390. The number of ether oxygens (including phenoxy) is 1. The molecule has 0 radical (unpaired) electrons. The Morgan fingerprint density at radius 3 is 2.10 bits per heavy atom. The molecule has 3 aromatic rings. The molecule has 1 aliphatic rings. The smallest absolute Gasteiger partial charge is 0.274 e. The maximum atomic E-state index is 13.7. The first-order chi connectivity index (χ1) is 20.0. The molecule has 222 valence electrons. The summed E-state index contributed by atoms with van der Waals surface area (Å²) in [5.74, 6) is -1.30. The molecular formula is C31H37N5O6. The number of carbonyl (C=O) groups is 4.